The number of para-hydroxylation sites is 1. The van der Waals surface area contributed by atoms with Crippen LogP contribution in [0.5, 0.6) is 0 Å². The number of hydrogen-bond acceptors (Lipinski definition) is 4. The van der Waals surface area contributed by atoms with E-state index in [9.17, 15) is 0 Å². The van der Waals surface area contributed by atoms with Crippen molar-refractivity contribution < 1.29 is 9.32 Å². The summed E-state index contributed by atoms with van der Waals surface area (Å²) in [6, 6.07) is 18.8. The maximum atomic E-state index is 5.87. The highest BCUT2D eigenvalue weighted by Crippen LogP contribution is 2.18. The third-order valence-electron chi connectivity index (χ3n) is 4.76. The molecule has 3 aromatic rings. The van der Waals surface area contributed by atoms with Gasteiger partial charge in [-0.25, -0.2) is 0 Å². The fourth-order valence-electron chi connectivity index (χ4n) is 3.25. The van der Waals surface area contributed by atoms with E-state index < -0.39 is 0 Å². The summed E-state index contributed by atoms with van der Waals surface area (Å²) >= 11 is 0. The first-order valence-corrected chi connectivity index (χ1v) is 8.81. The summed E-state index contributed by atoms with van der Waals surface area (Å²) in [5.41, 5.74) is 3.51. The summed E-state index contributed by atoms with van der Waals surface area (Å²) in [7, 11) is 0. The Morgan fingerprint density at radius 3 is 2.40 bits per heavy atom. The highest BCUT2D eigenvalue weighted by Gasteiger charge is 2.22. The van der Waals surface area contributed by atoms with Gasteiger partial charge in [-0.15, -0.1) is 10.2 Å². The number of nitrogens with zero attached hydrogens (tertiary/aromatic N) is 3. The second-order valence-corrected chi connectivity index (χ2v) is 6.62. The van der Waals surface area contributed by atoms with Crippen LogP contribution in [0.25, 0.3) is 11.5 Å². The largest absolute Gasteiger partial charge is 0.415 e. The molecule has 128 valence electrons. The molecule has 1 aliphatic rings. The molecule has 5 nitrogen and oxygen atoms in total. The van der Waals surface area contributed by atoms with Crippen LogP contribution < -0.4 is 9.80 Å². The molecule has 1 aromatic heterocycles. The van der Waals surface area contributed by atoms with Crippen molar-refractivity contribution in [2.24, 2.45) is 0 Å². The second-order valence-electron chi connectivity index (χ2n) is 6.62. The van der Waals surface area contributed by atoms with E-state index in [0.717, 1.165) is 44.2 Å². The Hall–Kier alpha value is -2.66. The lowest BCUT2D eigenvalue weighted by Crippen LogP contribution is -3.13. The Morgan fingerprint density at radius 1 is 0.960 bits per heavy atom. The molecule has 0 amide bonds. The molecule has 0 spiro atoms. The van der Waals surface area contributed by atoms with Crippen molar-refractivity contribution in [2.45, 2.75) is 13.5 Å². The molecule has 1 saturated heterocycles. The molecular weight excluding hydrogens is 312 g/mol. The van der Waals surface area contributed by atoms with Gasteiger partial charge in [-0.1, -0.05) is 35.9 Å². The quantitative estimate of drug-likeness (QED) is 0.792. The normalized spacial score (nSPS) is 15.5. The molecule has 1 N–H and O–H groups in total. The highest BCUT2D eigenvalue weighted by atomic mass is 16.4. The topological polar surface area (TPSA) is 46.6 Å². The predicted molar refractivity (Wildman–Crippen MR) is 97.5 cm³/mol. The number of aromatic nitrogens is 2. The summed E-state index contributed by atoms with van der Waals surface area (Å²) in [5.74, 6) is 1.33. The van der Waals surface area contributed by atoms with E-state index in [1.54, 1.807) is 0 Å². The first-order chi connectivity index (χ1) is 12.3. The number of hydrogen-bond donors (Lipinski definition) is 1. The van der Waals surface area contributed by atoms with Gasteiger partial charge in [0, 0.05) is 11.3 Å². The van der Waals surface area contributed by atoms with E-state index in [1.165, 1.54) is 16.2 Å². The average molecular weight is 335 g/mol. The minimum absolute atomic E-state index is 0.609. The lowest BCUT2D eigenvalue weighted by atomic mass is 10.1. The molecular formula is C20H23N4O+. The molecule has 2 aromatic carbocycles. The molecule has 0 radical (unpaired) electrons. The third-order valence-corrected chi connectivity index (χ3v) is 4.76. The van der Waals surface area contributed by atoms with E-state index in [0.29, 0.717) is 5.89 Å². The molecule has 1 aliphatic heterocycles. The zero-order valence-corrected chi connectivity index (χ0v) is 14.5. The van der Waals surface area contributed by atoms with Gasteiger partial charge in [0.05, 0.1) is 26.2 Å². The van der Waals surface area contributed by atoms with Crippen LogP contribution in [-0.4, -0.2) is 36.4 Å². The summed E-state index contributed by atoms with van der Waals surface area (Å²) in [4.78, 5) is 3.93. The maximum Gasteiger partial charge on any atom is 0.271 e. The van der Waals surface area contributed by atoms with Crippen LogP contribution in [0.2, 0.25) is 0 Å². The monoisotopic (exact) mass is 335 g/mol. The van der Waals surface area contributed by atoms with Crippen molar-refractivity contribution in [1.29, 1.82) is 0 Å². The van der Waals surface area contributed by atoms with E-state index >= 15 is 0 Å². The van der Waals surface area contributed by atoms with Crippen molar-refractivity contribution in [3.63, 3.8) is 0 Å². The Labute approximate surface area is 147 Å². The van der Waals surface area contributed by atoms with Gasteiger partial charge in [0.25, 0.3) is 5.89 Å². The van der Waals surface area contributed by atoms with Crippen molar-refractivity contribution in [3.05, 3.63) is 66.1 Å². The zero-order valence-electron chi connectivity index (χ0n) is 14.5. The van der Waals surface area contributed by atoms with Crippen molar-refractivity contribution in [3.8, 4) is 11.5 Å². The zero-order chi connectivity index (χ0) is 17.1. The van der Waals surface area contributed by atoms with Crippen LogP contribution in [-0.2, 0) is 6.54 Å². The lowest BCUT2D eigenvalue weighted by molar-refractivity contribution is -0.915. The predicted octanol–water partition coefficient (Wildman–Crippen LogP) is 1.95. The van der Waals surface area contributed by atoms with Gasteiger partial charge >= 0.3 is 0 Å². The number of nitrogens with one attached hydrogen (secondary N) is 1. The summed E-state index contributed by atoms with van der Waals surface area (Å²) in [5, 5.41) is 8.44. The first-order valence-electron chi connectivity index (χ1n) is 8.81. The summed E-state index contributed by atoms with van der Waals surface area (Å²) < 4.78 is 5.87. The smallest absolute Gasteiger partial charge is 0.271 e. The number of benzene rings is 2. The van der Waals surface area contributed by atoms with E-state index in [4.69, 9.17) is 4.42 Å². The number of aryl methyl sites for hydroxylation is 1. The van der Waals surface area contributed by atoms with Crippen LogP contribution in [0.3, 0.4) is 0 Å². The van der Waals surface area contributed by atoms with Crippen LogP contribution in [0.4, 0.5) is 5.69 Å². The van der Waals surface area contributed by atoms with Gasteiger partial charge in [-0.05, 0) is 31.2 Å². The molecule has 0 unspecified atom stereocenters. The Bertz CT molecular complexity index is 805. The fraction of sp³-hybridized carbons (Fsp3) is 0.300. The molecule has 4 rings (SSSR count). The summed E-state index contributed by atoms with van der Waals surface area (Å²) in [6.07, 6.45) is 0. The molecule has 0 aliphatic carbocycles. The van der Waals surface area contributed by atoms with Crippen molar-refractivity contribution in [1.82, 2.24) is 10.2 Å². The van der Waals surface area contributed by atoms with Gasteiger partial charge < -0.3 is 14.2 Å². The number of quaternary nitrogens is 1. The third kappa shape index (κ3) is 3.72. The standard InChI is InChI=1S/C20H22N4O/c1-16-7-9-17(10-8-16)20-22-21-19(25-20)15-23-11-13-24(14-12-23)18-5-3-2-4-6-18/h2-10H,11-15H2,1H3/p+1. The first kappa shape index (κ1) is 15.8. The SMILES string of the molecule is Cc1ccc(-c2nnc(C[NH+]3CCN(c4ccccc4)CC3)o2)cc1. The minimum atomic E-state index is 0.609. The van der Waals surface area contributed by atoms with Crippen LogP contribution in [0.15, 0.2) is 59.0 Å². The number of rotatable bonds is 4. The maximum absolute atomic E-state index is 5.87. The van der Waals surface area contributed by atoms with Gasteiger partial charge in [0.15, 0.2) is 6.54 Å². The van der Waals surface area contributed by atoms with Gasteiger partial charge in [0.2, 0.25) is 5.89 Å². The van der Waals surface area contributed by atoms with Crippen molar-refractivity contribution in [2.75, 3.05) is 31.1 Å². The average Bonchev–Trinajstić information content (AvgIpc) is 3.12. The lowest BCUT2D eigenvalue weighted by Gasteiger charge is -2.33. The fourth-order valence-corrected chi connectivity index (χ4v) is 3.25. The molecule has 1 fully saturated rings. The number of anilines is 1. The molecule has 25 heavy (non-hydrogen) atoms. The van der Waals surface area contributed by atoms with Gasteiger partial charge in [-0.3, -0.25) is 0 Å². The van der Waals surface area contributed by atoms with E-state index in [-0.39, 0.29) is 0 Å². The second kappa shape index (κ2) is 7.07. The molecule has 0 bridgehead atoms. The molecule has 5 heteroatoms. The van der Waals surface area contributed by atoms with Crippen LogP contribution in [0.1, 0.15) is 11.5 Å². The Balaban J connectivity index is 1.35. The van der Waals surface area contributed by atoms with Crippen molar-refractivity contribution >= 4 is 5.69 Å². The number of piperazine rings is 1. The minimum Gasteiger partial charge on any atom is -0.415 e. The Morgan fingerprint density at radius 2 is 1.68 bits per heavy atom. The molecule has 2 heterocycles. The molecule has 0 atom stereocenters. The van der Waals surface area contributed by atoms with Gasteiger partial charge in [0.1, 0.15) is 0 Å². The Kier molecular flexibility index (Phi) is 4.48. The highest BCUT2D eigenvalue weighted by molar-refractivity contribution is 5.52. The van der Waals surface area contributed by atoms with Crippen LogP contribution in [0, 0.1) is 6.92 Å². The summed E-state index contributed by atoms with van der Waals surface area (Å²) in [6.45, 7) is 7.13. The van der Waals surface area contributed by atoms with Gasteiger partial charge in [-0.2, -0.15) is 0 Å². The molecule has 0 saturated carbocycles. The van der Waals surface area contributed by atoms with E-state index in [2.05, 4.69) is 64.5 Å². The van der Waals surface area contributed by atoms with E-state index in [1.807, 2.05) is 12.1 Å². The van der Waals surface area contributed by atoms with Crippen LogP contribution >= 0.6 is 0 Å².